The second kappa shape index (κ2) is 2.34. The average Bonchev–Trinajstić information content (AvgIpc) is 2.57. The van der Waals surface area contributed by atoms with Gasteiger partial charge < -0.3 is 4.74 Å². The summed E-state index contributed by atoms with van der Waals surface area (Å²) in [7, 11) is 1.42. The number of Topliss-reactive ketones (excluding diaryl/α,β-unsaturated/α-hetero) is 1. The summed E-state index contributed by atoms with van der Waals surface area (Å²) >= 11 is 0. The number of esters is 1. The molecule has 3 aliphatic rings. The lowest BCUT2D eigenvalue weighted by Crippen LogP contribution is -2.47. The third-order valence-corrected chi connectivity index (χ3v) is 3.80. The molecule has 3 rings (SSSR count). The monoisotopic (exact) mass is 182 g/mol. The van der Waals surface area contributed by atoms with Gasteiger partial charge in [-0.1, -0.05) is 0 Å². The van der Waals surface area contributed by atoms with Crippen LogP contribution >= 0.6 is 0 Å². The Morgan fingerprint density at radius 2 is 1.69 bits per heavy atom. The van der Waals surface area contributed by atoms with E-state index in [1.807, 2.05) is 0 Å². The maximum atomic E-state index is 11.4. The Labute approximate surface area is 77.4 Å². The van der Waals surface area contributed by atoms with Crippen molar-refractivity contribution in [3.63, 3.8) is 0 Å². The Morgan fingerprint density at radius 3 is 2.08 bits per heavy atom. The molecule has 0 heterocycles. The first-order chi connectivity index (χ1) is 6.05. The molecule has 2 bridgehead atoms. The Balaban J connectivity index is 2.15. The molecule has 13 heavy (non-hydrogen) atoms. The first kappa shape index (κ1) is 8.73. The van der Waals surface area contributed by atoms with Crippen molar-refractivity contribution >= 4 is 11.8 Å². The quantitative estimate of drug-likeness (QED) is 0.605. The van der Waals surface area contributed by atoms with Gasteiger partial charge in [-0.15, -0.1) is 0 Å². The highest BCUT2D eigenvalue weighted by Crippen LogP contribution is 2.67. The summed E-state index contributed by atoms with van der Waals surface area (Å²) in [4.78, 5) is 22.7. The van der Waals surface area contributed by atoms with Gasteiger partial charge in [0, 0.05) is 5.41 Å². The van der Waals surface area contributed by atoms with Crippen molar-refractivity contribution in [1.29, 1.82) is 0 Å². The molecule has 0 saturated heterocycles. The van der Waals surface area contributed by atoms with Crippen LogP contribution in [0, 0.1) is 10.8 Å². The molecule has 3 nitrogen and oxygen atoms in total. The molecule has 0 aromatic rings. The van der Waals surface area contributed by atoms with Gasteiger partial charge in [0.15, 0.2) is 0 Å². The number of hydrogen-bond donors (Lipinski definition) is 0. The van der Waals surface area contributed by atoms with Gasteiger partial charge in [0.1, 0.15) is 5.78 Å². The molecular weight excluding hydrogens is 168 g/mol. The van der Waals surface area contributed by atoms with Gasteiger partial charge in [0.05, 0.1) is 12.5 Å². The lowest BCUT2D eigenvalue weighted by molar-refractivity contribution is -0.162. The highest BCUT2D eigenvalue weighted by Gasteiger charge is 2.67. The van der Waals surface area contributed by atoms with Gasteiger partial charge in [0.25, 0.3) is 0 Å². The van der Waals surface area contributed by atoms with Crippen LogP contribution in [0.5, 0.6) is 0 Å². The predicted molar refractivity (Wildman–Crippen MR) is 46.0 cm³/mol. The van der Waals surface area contributed by atoms with Crippen molar-refractivity contribution in [1.82, 2.24) is 0 Å². The van der Waals surface area contributed by atoms with Gasteiger partial charge in [-0.2, -0.15) is 0 Å². The first-order valence-electron chi connectivity index (χ1n) is 4.64. The SMILES string of the molecule is COC(=O)C12CCC(C(C)=O)(C1)C2. The molecule has 72 valence electrons. The molecule has 0 N–H and O–H groups in total. The van der Waals surface area contributed by atoms with E-state index in [1.54, 1.807) is 6.92 Å². The van der Waals surface area contributed by atoms with E-state index >= 15 is 0 Å². The number of fused-ring (bicyclic) bond motifs is 1. The number of ketones is 1. The van der Waals surface area contributed by atoms with Gasteiger partial charge in [-0.25, -0.2) is 0 Å². The molecule has 0 unspecified atom stereocenters. The van der Waals surface area contributed by atoms with Crippen LogP contribution in [0.3, 0.4) is 0 Å². The van der Waals surface area contributed by atoms with Crippen LogP contribution in [-0.4, -0.2) is 18.9 Å². The molecule has 0 aromatic carbocycles. The molecule has 0 spiro atoms. The fourth-order valence-electron chi connectivity index (χ4n) is 2.96. The summed E-state index contributed by atoms with van der Waals surface area (Å²) in [5, 5.41) is 0. The van der Waals surface area contributed by atoms with Gasteiger partial charge >= 0.3 is 5.97 Å². The van der Waals surface area contributed by atoms with Crippen molar-refractivity contribution in [3.8, 4) is 0 Å². The predicted octanol–water partition coefficient (Wildman–Crippen LogP) is 1.31. The van der Waals surface area contributed by atoms with Crippen LogP contribution in [0.4, 0.5) is 0 Å². The molecule has 0 aliphatic heterocycles. The summed E-state index contributed by atoms with van der Waals surface area (Å²) in [6.45, 7) is 1.63. The van der Waals surface area contributed by atoms with Gasteiger partial charge in [-0.05, 0) is 32.6 Å². The molecule has 0 amide bonds. The standard InChI is InChI=1S/C10H14O3/c1-7(11)9-3-4-10(5-9,6-9)8(12)13-2/h3-6H2,1-2H3. The molecule has 3 saturated carbocycles. The van der Waals surface area contributed by atoms with E-state index in [1.165, 1.54) is 7.11 Å². The van der Waals surface area contributed by atoms with Crippen LogP contribution < -0.4 is 0 Å². The maximum absolute atomic E-state index is 11.4. The van der Waals surface area contributed by atoms with Crippen molar-refractivity contribution in [2.45, 2.75) is 32.6 Å². The van der Waals surface area contributed by atoms with Crippen molar-refractivity contribution in [2.24, 2.45) is 10.8 Å². The van der Waals surface area contributed by atoms with Gasteiger partial charge in [-0.3, -0.25) is 9.59 Å². The van der Waals surface area contributed by atoms with E-state index in [-0.39, 0.29) is 22.6 Å². The summed E-state index contributed by atoms with van der Waals surface area (Å²) in [5.41, 5.74) is -0.450. The number of rotatable bonds is 2. The summed E-state index contributed by atoms with van der Waals surface area (Å²) in [6, 6.07) is 0. The van der Waals surface area contributed by atoms with Crippen LogP contribution in [0.15, 0.2) is 0 Å². The van der Waals surface area contributed by atoms with E-state index in [2.05, 4.69) is 0 Å². The second-order valence-electron chi connectivity index (χ2n) is 4.46. The molecule has 0 aromatic heterocycles. The minimum Gasteiger partial charge on any atom is -0.469 e. The van der Waals surface area contributed by atoms with Crippen LogP contribution in [-0.2, 0) is 14.3 Å². The van der Waals surface area contributed by atoms with E-state index in [0.29, 0.717) is 0 Å². The normalized spacial score (nSPS) is 41.1. The van der Waals surface area contributed by atoms with Crippen molar-refractivity contribution < 1.29 is 14.3 Å². The number of carbonyl (C=O) groups is 2. The Morgan fingerprint density at radius 1 is 1.15 bits per heavy atom. The molecule has 0 atom stereocenters. The molecule has 0 radical (unpaired) electrons. The number of ether oxygens (including phenoxy) is 1. The molecule has 3 aliphatic carbocycles. The van der Waals surface area contributed by atoms with E-state index in [9.17, 15) is 9.59 Å². The van der Waals surface area contributed by atoms with E-state index in [0.717, 1.165) is 25.7 Å². The summed E-state index contributed by atoms with van der Waals surface area (Å²) in [6.07, 6.45) is 3.15. The maximum Gasteiger partial charge on any atom is 0.311 e. The summed E-state index contributed by atoms with van der Waals surface area (Å²) in [5.74, 6) is 0.117. The van der Waals surface area contributed by atoms with Gasteiger partial charge in [0.2, 0.25) is 0 Å². The van der Waals surface area contributed by atoms with Crippen LogP contribution in [0.1, 0.15) is 32.6 Å². The minimum atomic E-state index is -0.291. The summed E-state index contributed by atoms with van der Waals surface area (Å²) < 4.78 is 4.75. The van der Waals surface area contributed by atoms with E-state index in [4.69, 9.17) is 4.74 Å². The van der Waals surface area contributed by atoms with Crippen LogP contribution in [0.25, 0.3) is 0 Å². The average molecular weight is 182 g/mol. The molecule has 3 fully saturated rings. The zero-order valence-electron chi connectivity index (χ0n) is 8.05. The van der Waals surface area contributed by atoms with E-state index < -0.39 is 0 Å². The topological polar surface area (TPSA) is 43.4 Å². The highest BCUT2D eigenvalue weighted by molar-refractivity contribution is 5.90. The third kappa shape index (κ3) is 0.901. The first-order valence-corrected chi connectivity index (χ1v) is 4.64. The molecule has 3 heteroatoms. The minimum absolute atomic E-state index is 0.123. The fraction of sp³-hybridized carbons (Fsp3) is 0.800. The van der Waals surface area contributed by atoms with Crippen molar-refractivity contribution in [3.05, 3.63) is 0 Å². The van der Waals surface area contributed by atoms with Crippen molar-refractivity contribution in [2.75, 3.05) is 7.11 Å². The lowest BCUT2D eigenvalue weighted by Gasteiger charge is -2.43. The lowest BCUT2D eigenvalue weighted by atomic mass is 9.59. The number of methoxy groups -OCH3 is 1. The Hall–Kier alpha value is -0.860. The highest BCUT2D eigenvalue weighted by atomic mass is 16.5. The fourth-order valence-corrected chi connectivity index (χ4v) is 2.96. The Kier molecular flexibility index (Phi) is 1.57. The zero-order chi connectivity index (χ0) is 9.69. The largest absolute Gasteiger partial charge is 0.469 e. The Bertz CT molecular complexity index is 274. The third-order valence-electron chi connectivity index (χ3n) is 3.80. The number of carbonyl (C=O) groups excluding carboxylic acids is 2. The second-order valence-corrected chi connectivity index (χ2v) is 4.46. The zero-order valence-corrected chi connectivity index (χ0v) is 8.05. The smallest absolute Gasteiger partial charge is 0.311 e. The van der Waals surface area contributed by atoms with Crippen LogP contribution in [0.2, 0.25) is 0 Å². The number of hydrogen-bond acceptors (Lipinski definition) is 3. The molecular formula is C10H14O3.